The van der Waals surface area contributed by atoms with E-state index in [-0.39, 0.29) is 10.8 Å². The number of amides is 1. The largest absolute Gasteiger partial charge is 0.446 e. The number of nitrogens with one attached hydrogen (secondary N) is 2. The Morgan fingerprint density at radius 3 is 2.72 bits per heavy atom. The van der Waals surface area contributed by atoms with Crippen LogP contribution in [0.2, 0.25) is 5.15 Å². The zero-order valence-corrected chi connectivity index (χ0v) is 11.2. The molecule has 0 aliphatic rings. The lowest BCUT2D eigenvalue weighted by atomic mass is 10.4. The van der Waals surface area contributed by atoms with Crippen LogP contribution in [0.3, 0.4) is 0 Å². The van der Waals surface area contributed by atoms with Gasteiger partial charge in [-0.15, -0.1) is 0 Å². The number of anilines is 1. The molecule has 1 amide bonds. The van der Waals surface area contributed by atoms with E-state index in [4.69, 9.17) is 11.6 Å². The number of nitrogens with zero attached hydrogens (tertiary/aromatic N) is 1. The molecule has 1 heterocycles. The Morgan fingerprint density at radius 2 is 2.17 bits per heavy atom. The van der Waals surface area contributed by atoms with Crippen LogP contribution >= 0.6 is 11.6 Å². The van der Waals surface area contributed by atoms with E-state index < -0.39 is 22.4 Å². The number of rotatable bonds is 4. The number of pyridine rings is 1. The molecule has 9 heteroatoms. The number of aromatic nitrogens is 1. The van der Waals surface area contributed by atoms with Crippen LogP contribution in [0.25, 0.3) is 0 Å². The first-order valence-electron chi connectivity index (χ1n) is 4.92. The second kappa shape index (κ2) is 5.87. The zero-order valence-electron chi connectivity index (χ0n) is 9.68. The fourth-order valence-electron chi connectivity index (χ4n) is 0.980. The van der Waals surface area contributed by atoms with Crippen molar-refractivity contribution in [1.82, 2.24) is 9.71 Å². The van der Waals surface area contributed by atoms with Gasteiger partial charge in [0, 0.05) is 6.20 Å². The van der Waals surface area contributed by atoms with Crippen LogP contribution in [-0.2, 0) is 14.9 Å². The maximum absolute atomic E-state index is 11.5. The molecule has 0 aliphatic heterocycles. The Hall–Kier alpha value is -1.54. The highest BCUT2D eigenvalue weighted by Gasteiger charge is 2.17. The van der Waals surface area contributed by atoms with Crippen molar-refractivity contribution in [2.24, 2.45) is 0 Å². The first-order valence-corrected chi connectivity index (χ1v) is 6.78. The van der Waals surface area contributed by atoms with E-state index in [0.29, 0.717) is 0 Å². The van der Waals surface area contributed by atoms with Gasteiger partial charge in [-0.05, 0) is 26.0 Å². The van der Waals surface area contributed by atoms with Gasteiger partial charge in [-0.2, -0.15) is 8.42 Å². The van der Waals surface area contributed by atoms with Crippen LogP contribution in [0, 0.1) is 0 Å². The Balaban J connectivity index is 2.72. The number of carbonyl (C=O) groups is 1. The molecule has 0 unspecified atom stereocenters. The van der Waals surface area contributed by atoms with Crippen molar-refractivity contribution in [3.63, 3.8) is 0 Å². The summed E-state index contributed by atoms with van der Waals surface area (Å²) < 4.78 is 31.4. The smallest absolute Gasteiger partial charge is 0.422 e. The number of carbonyl (C=O) groups excluding carboxylic acids is 1. The standard InChI is InChI=1S/C9H12ClN3O4S/c1-6(2)17-9(14)13-18(15,16)12-7-4-3-5-11-8(7)10/h3-6,12H,1-2H3,(H,13,14). The molecule has 0 radical (unpaired) electrons. The normalized spacial score (nSPS) is 11.1. The topological polar surface area (TPSA) is 97.4 Å². The van der Waals surface area contributed by atoms with Crippen molar-refractivity contribution >= 4 is 33.6 Å². The summed E-state index contributed by atoms with van der Waals surface area (Å²) in [5.74, 6) is 0. The Morgan fingerprint density at radius 1 is 1.50 bits per heavy atom. The molecule has 7 nitrogen and oxygen atoms in total. The van der Waals surface area contributed by atoms with Crippen molar-refractivity contribution < 1.29 is 17.9 Å². The summed E-state index contributed by atoms with van der Waals surface area (Å²) in [5, 5.41) is -0.0277. The highest BCUT2D eigenvalue weighted by molar-refractivity contribution is 7.91. The number of hydrogen-bond acceptors (Lipinski definition) is 5. The van der Waals surface area contributed by atoms with Gasteiger partial charge in [0.2, 0.25) is 0 Å². The summed E-state index contributed by atoms with van der Waals surface area (Å²) in [7, 11) is -4.10. The average Bonchev–Trinajstić information content (AvgIpc) is 2.18. The van der Waals surface area contributed by atoms with Gasteiger partial charge in [0.05, 0.1) is 11.8 Å². The second-order valence-electron chi connectivity index (χ2n) is 3.50. The van der Waals surface area contributed by atoms with Crippen molar-refractivity contribution in [2.75, 3.05) is 4.72 Å². The molecule has 1 aromatic heterocycles. The lowest BCUT2D eigenvalue weighted by molar-refractivity contribution is 0.121. The van der Waals surface area contributed by atoms with E-state index >= 15 is 0 Å². The summed E-state index contributed by atoms with van der Waals surface area (Å²) in [6.07, 6.45) is -0.0969. The first kappa shape index (κ1) is 14.5. The monoisotopic (exact) mass is 293 g/mol. The Bertz CT molecular complexity index is 532. The number of ether oxygens (including phenoxy) is 1. The molecular formula is C9H12ClN3O4S. The quantitative estimate of drug-likeness (QED) is 0.820. The van der Waals surface area contributed by atoms with E-state index in [9.17, 15) is 13.2 Å². The van der Waals surface area contributed by atoms with Gasteiger partial charge in [-0.3, -0.25) is 4.72 Å². The van der Waals surface area contributed by atoms with Gasteiger partial charge in [-0.1, -0.05) is 11.6 Å². The zero-order chi connectivity index (χ0) is 13.8. The van der Waals surface area contributed by atoms with Crippen LogP contribution in [-0.4, -0.2) is 25.6 Å². The lowest BCUT2D eigenvalue weighted by Crippen LogP contribution is -2.36. The summed E-state index contributed by atoms with van der Waals surface area (Å²) in [5.41, 5.74) is 0.0593. The molecule has 0 saturated carbocycles. The summed E-state index contributed by atoms with van der Waals surface area (Å²) in [6.45, 7) is 3.19. The maximum atomic E-state index is 11.5. The minimum Gasteiger partial charge on any atom is -0.446 e. The van der Waals surface area contributed by atoms with Crippen LogP contribution in [0.5, 0.6) is 0 Å². The molecule has 0 fully saturated rings. The highest BCUT2D eigenvalue weighted by Crippen LogP contribution is 2.18. The van der Waals surface area contributed by atoms with Gasteiger partial charge in [0.1, 0.15) is 0 Å². The van der Waals surface area contributed by atoms with Crippen molar-refractivity contribution in [2.45, 2.75) is 20.0 Å². The van der Waals surface area contributed by atoms with Gasteiger partial charge >= 0.3 is 16.3 Å². The third-order valence-corrected chi connectivity index (χ3v) is 2.79. The molecule has 18 heavy (non-hydrogen) atoms. The number of halogens is 1. The molecule has 0 aliphatic carbocycles. The van der Waals surface area contributed by atoms with Crippen molar-refractivity contribution in [3.05, 3.63) is 23.5 Å². The molecule has 0 spiro atoms. The van der Waals surface area contributed by atoms with E-state index in [1.165, 1.54) is 18.3 Å². The third-order valence-electron chi connectivity index (χ3n) is 1.56. The van der Waals surface area contributed by atoms with Gasteiger partial charge in [-0.25, -0.2) is 14.5 Å². The Kier molecular flexibility index (Phi) is 4.74. The fourth-order valence-corrected chi connectivity index (χ4v) is 1.98. The van der Waals surface area contributed by atoms with Gasteiger partial charge in [0.15, 0.2) is 5.15 Å². The van der Waals surface area contributed by atoms with Gasteiger partial charge in [0.25, 0.3) is 0 Å². The van der Waals surface area contributed by atoms with Crippen LogP contribution < -0.4 is 9.44 Å². The molecular weight excluding hydrogens is 282 g/mol. The summed E-state index contributed by atoms with van der Waals surface area (Å²) in [6, 6.07) is 2.90. The summed E-state index contributed by atoms with van der Waals surface area (Å²) in [4.78, 5) is 14.8. The lowest BCUT2D eigenvalue weighted by Gasteiger charge is -2.11. The first-order chi connectivity index (χ1) is 8.30. The predicted octanol–water partition coefficient (Wildman–Crippen LogP) is 1.53. The van der Waals surface area contributed by atoms with Crippen LogP contribution in [0.1, 0.15) is 13.8 Å². The summed E-state index contributed by atoms with van der Waals surface area (Å²) >= 11 is 5.67. The minimum atomic E-state index is -4.10. The molecule has 0 aromatic carbocycles. The number of hydrogen-bond donors (Lipinski definition) is 2. The SMILES string of the molecule is CC(C)OC(=O)NS(=O)(=O)Nc1cccnc1Cl. The van der Waals surface area contributed by atoms with Crippen LogP contribution in [0.15, 0.2) is 18.3 Å². The molecule has 0 bridgehead atoms. The minimum absolute atomic E-state index is 0.0277. The molecule has 1 aromatic rings. The van der Waals surface area contributed by atoms with E-state index in [1.807, 2.05) is 0 Å². The molecule has 0 atom stereocenters. The van der Waals surface area contributed by atoms with E-state index in [0.717, 1.165) is 0 Å². The second-order valence-corrected chi connectivity index (χ2v) is 5.28. The van der Waals surface area contributed by atoms with Crippen LogP contribution in [0.4, 0.5) is 10.5 Å². The van der Waals surface area contributed by atoms with E-state index in [1.54, 1.807) is 18.6 Å². The highest BCUT2D eigenvalue weighted by atomic mass is 35.5. The Labute approximate surface area is 110 Å². The average molecular weight is 294 g/mol. The molecule has 1 rings (SSSR count). The van der Waals surface area contributed by atoms with E-state index in [2.05, 4.69) is 14.4 Å². The van der Waals surface area contributed by atoms with Crippen molar-refractivity contribution in [1.29, 1.82) is 0 Å². The third kappa shape index (κ3) is 4.76. The predicted molar refractivity (Wildman–Crippen MR) is 66.5 cm³/mol. The fraction of sp³-hybridized carbons (Fsp3) is 0.333. The molecule has 2 N–H and O–H groups in total. The maximum Gasteiger partial charge on any atom is 0.422 e. The molecule has 0 saturated heterocycles. The molecule has 100 valence electrons. The van der Waals surface area contributed by atoms with Gasteiger partial charge < -0.3 is 4.74 Å². The van der Waals surface area contributed by atoms with Crippen molar-refractivity contribution in [3.8, 4) is 0 Å².